The number of allylic oxidation sites excluding steroid dienone is 1. The Bertz CT molecular complexity index is 876. The minimum absolute atomic E-state index is 0.0932. The molecule has 1 aliphatic heterocycles. The topological polar surface area (TPSA) is 58.2 Å². The predicted octanol–water partition coefficient (Wildman–Crippen LogP) is 4.10. The molecule has 0 saturated heterocycles. The lowest BCUT2D eigenvalue weighted by Gasteiger charge is -2.55. The number of amides is 1. The monoisotopic (exact) mass is 392 g/mol. The number of carbonyl (C=O) groups is 2. The van der Waals surface area contributed by atoms with Gasteiger partial charge in [0.2, 0.25) is 0 Å². The number of carbonyl (C=O) groups excluding carboxylic acids is 2. The van der Waals surface area contributed by atoms with Gasteiger partial charge in [-0.1, -0.05) is 6.07 Å². The van der Waals surface area contributed by atoms with Crippen LogP contribution < -0.4 is 10.6 Å². The maximum absolute atomic E-state index is 13.7. The van der Waals surface area contributed by atoms with Gasteiger partial charge in [0.25, 0.3) is 5.91 Å². The van der Waals surface area contributed by atoms with Crippen molar-refractivity contribution in [1.29, 1.82) is 0 Å². The molecule has 0 atom stereocenters. The average molecular weight is 393 g/mol. The second kappa shape index (κ2) is 6.45. The standard InChI is InChI=1S/C25H32N2O2/c1-24(2)14-19-5-4-18(23(29)26-3)9-20(19)21(27-24)10-22(28)25-11-15-6-16(12-25)8-17(7-15)13-25/h4-5,9-10,15-17,27H,6-8,11-14H2,1-3H3,(H,26,29). The molecule has 4 nitrogen and oxygen atoms in total. The quantitative estimate of drug-likeness (QED) is 0.762. The first-order chi connectivity index (χ1) is 13.8. The molecule has 2 N–H and O–H groups in total. The molecule has 1 aromatic carbocycles. The van der Waals surface area contributed by atoms with Crippen molar-refractivity contribution in [3.05, 3.63) is 41.0 Å². The van der Waals surface area contributed by atoms with Crippen LogP contribution in [-0.2, 0) is 11.2 Å². The third-order valence-electron chi connectivity index (χ3n) is 7.83. The Morgan fingerprint density at radius 3 is 2.28 bits per heavy atom. The second-order valence-corrected chi connectivity index (χ2v) is 10.8. The van der Waals surface area contributed by atoms with Crippen molar-refractivity contribution in [2.75, 3.05) is 7.05 Å². The van der Waals surface area contributed by atoms with Crippen molar-refractivity contribution < 1.29 is 9.59 Å². The van der Waals surface area contributed by atoms with E-state index in [0.29, 0.717) is 11.3 Å². The van der Waals surface area contributed by atoms with Gasteiger partial charge in [0.15, 0.2) is 5.78 Å². The average Bonchev–Trinajstić information content (AvgIpc) is 2.65. The lowest BCUT2D eigenvalue weighted by Crippen LogP contribution is -2.50. The Morgan fingerprint density at radius 2 is 1.69 bits per heavy atom. The molecule has 4 fully saturated rings. The molecule has 0 aromatic heterocycles. The van der Waals surface area contributed by atoms with E-state index < -0.39 is 0 Å². The summed E-state index contributed by atoms with van der Waals surface area (Å²) in [5.41, 5.74) is 3.48. The van der Waals surface area contributed by atoms with E-state index in [1.54, 1.807) is 7.05 Å². The SMILES string of the molecule is CNC(=O)c1ccc2c(c1)C(=CC(=O)C13CC4CC(CC(C4)C1)C3)NC(C)(C)C2. The predicted molar refractivity (Wildman–Crippen MR) is 114 cm³/mol. The molecular formula is C25H32N2O2. The fourth-order valence-corrected chi connectivity index (χ4v) is 7.03. The van der Waals surface area contributed by atoms with Crippen LogP contribution in [0.15, 0.2) is 24.3 Å². The molecule has 1 amide bonds. The van der Waals surface area contributed by atoms with Crippen molar-refractivity contribution in [2.45, 2.75) is 64.3 Å². The normalized spacial score (nSPS) is 35.1. The van der Waals surface area contributed by atoms with Gasteiger partial charge in [-0.05, 0) is 94.2 Å². The Kier molecular flexibility index (Phi) is 4.20. The van der Waals surface area contributed by atoms with E-state index in [-0.39, 0.29) is 16.9 Å². The van der Waals surface area contributed by atoms with Crippen LogP contribution in [0.2, 0.25) is 0 Å². The fourth-order valence-electron chi connectivity index (χ4n) is 7.03. The number of hydrogen-bond acceptors (Lipinski definition) is 3. The molecule has 1 aromatic rings. The third-order valence-corrected chi connectivity index (χ3v) is 7.83. The van der Waals surface area contributed by atoms with Gasteiger partial charge in [-0.25, -0.2) is 0 Å². The zero-order valence-electron chi connectivity index (χ0n) is 17.8. The molecule has 4 saturated carbocycles. The van der Waals surface area contributed by atoms with E-state index in [1.165, 1.54) is 24.8 Å². The van der Waals surface area contributed by atoms with Crippen molar-refractivity contribution in [3.8, 4) is 0 Å². The smallest absolute Gasteiger partial charge is 0.251 e. The maximum Gasteiger partial charge on any atom is 0.251 e. The maximum atomic E-state index is 13.7. The Labute approximate surface area is 173 Å². The van der Waals surface area contributed by atoms with Crippen LogP contribution in [0.5, 0.6) is 0 Å². The number of rotatable bonds is 3. The van der Waals surface area contributed by atoms with Crippen LogP contribution in [0.25, 0.3) is 5.70 Å². The molecular weight excluding hydrogens is 360 g/mol. The first kappa shape index (κ1) is 18.9. The molecule has 29 heavy (non-hydrogen) atoms. The largest absolute Gasteiger partial charge is 0.379 e. The minimum Gasteiger partial charge on any atom is -0.379 e. The highest BCUT2D eigenvalue weighted by Crippen LogP contribution is 2.60. The summed E-state index contributed by atoms with van der Waals surface area (Å²) in [6, 6.07) is 5.87. The molecule has 4 aliphatic carbocycles. The van der Waals surface area contributed by atoms with Gasteiger partial charge in [0.1, 0.15) is 0 Å². The molecule has 0 spiro atoms. The Balaban J connectivity index is 1.52. The summed E-state index contributed by atoms with van der Waals surface area (Å²) in [4.78, 5) is 25.8. The molecule has 0 unspecified atom stereocenters. The number of fused-ring (bicyclic) bond motifs is 1. The van der Waals surface area contributed by atoms with Crippen molar-refractivity contribution in [2.24, 2.45) is 23.2 Å². The Morgan fingerprint density at radius 1 is 1.07 bits per heavy atom. The van der Waals surface area contributed by atoms with Crippen LogP contribution in [0.3, 0.4) is 0 Å². The second-order valence-electron chi connectivity index (χ2n) is 10.8. The van der Waals surface area contributed by atoms with Crippen molar-refractivity contribution in [3.63, 3.8) is 0 Å². The molecule has 154 valence electrons. The lowest BCUT2D eigenvalue weighted by molar-refractivity contribution is -0.138. The van der Waals surface area contributed by atoms with E-state index in [9.17, 15) is 9.59 Å². The summed E-state index contributed by atoms with van der Waals surface area (Å²) in [6.45, 7) is 4.34. The molecule has 4 bridgehead atoms. The minimum atomic E-state index is -0.135. The zero-order valence-corrected chi connectivity index (χ0v) is 17.8. The van der Waals surface area contributed by atoms with Crippen LogP contribution in [-0.4, -0.2) is 24.3 Å². The highest BCUT2D eigenvalue weighted by molar-refractivity contribution is 6.02. The van der Waals surface area contributed by atoms with Gasteiger partial charge >= 0.3 is 0 Å². The van der Waals surface area contributed by atoms with Gasteiger partial charge in [0, 0.05) is 40.9 Å². The zero-order chi connectivity index (χ0) is 20.4. The molecule has 5 aliphatic rings. The highest BCUT2D eigenvalue weighted by atomic mass is 16.1. The Hall–Kier alpha value is -2.10. The van der Waals surface area contributed by atoms with Gasteiger partial charge in [-0.15, -0.1) is 0 Å². The molecule has 4 heteroatoms. The first-order valence-corrected chi connectivity index (χ1v) is 11.2. The van der Waals surface area contributed by atoms with Crippen molar-refractivity contribution in [1.82, 2.24) is 10.6 Å². The highest BCUT2D eigenvalue weighted by Gasteiger charge is 2.54. The van der Waals surface area contributed by atoms with E-state index in [0.717, 1.165) is 54.7 Å². The summed E-state index contributed by atoms with van der Waals surface area (Å²) in [6.07, 6.45) is 10.0. The molecule has 6 rings (SSSR count). The van der Waals surface area contributed by atoms with Gasteiger partial charge in [-0.2, -0.15) is 0 Å². The van der Waals surface area contributed by atoms with Gasteiger partial charge in [0.05, 0.1) is 0 Å². The third kappa shape index (κ3) is 3.21. The van der Waals surface area contributed by atoms with Crippen LogP contribution in [0, 0.1) is 23.2 Å². The lowest BCUT2D eigenvalue weighted by atomic mass is 9.48. The van der Waals surface area contributed by atoms with Crippen LogP contribution in [0.1, 0.15) is 73.9 Å². The van der Waals surface area contributed by atoms with Gasteiger partial charge in [-0.3, -0.25) is 9.59 Å². The first-order valence-electron chi connectivity index (χ1n) is 11.2. The van der Waals surface area contributed by atoms with E-state index in [4.69, 9.17) is 0 Å². The summed E-state index contributed by atoms with van der Waals surface area (Å²) in [5.74, 6) is 2.49. The van der Waals surface area contributed by atoms with Crippen molar-refractivity contribution >= 4 is 17.4 Å². The van der Waals surface area contributed by atoms with E-state index in [1.807, 2.05) is 24.3 Å². The van der Waals surface area contributed by atoms with E-state index >= 15 is 0 Å². The number of ketones is 1. The summed E-state index contributed by atoms with van der Waals surface area (Å²) < 4.78 is 0. The molecule has 0 radical (unpaired) electrons. The van der Waals surface area contributed by atoms with Crippen LogP contribution >= 0.6 is 0 Å². The fraction of sp³-hybridized carbons (Fsp3) is 0.600. The number of hydrogen-bond donors (Lipinski definition) is 2. The number of benzene rings is 1. The molecule has 1 heterocycles. The van der Waals surface area contributed by atoms with E-state index in [2.05, 4.69) is 24.5 Å². The summed E-state index contributed by atoms with van der Waals surface area (Å²) in [5, 5.41) is 6.31. The van der Waals surface area contributed by atoms with Crippen LogP contribution in [0.4, 0.5) is 0 Å². The summed E-state index contributed by atoms with van der Waals surface area (Å²) in [7, 11) is 1.65. The number of nitrogens with one attached hydrogen (secondary N) is 2. The summed E-state index contributed by atoms with van der Waals surface area (Å²) >= 11 is 0. The van der Waals surface area contributed by atoms with Gasteiger partial charge < -0.3 is 10.6 Å².